The van der Waals surface area contributed by atoms with Crippen molar-refractivity contribution in [1.82, 2.24) is 19.6 Å². The number of aryl methyl sites for hydroxylation is 1. The Morgan fingerprint density at radius 1 is 1.56 bits per heavy atom. The molecule has 2 rings (SSSR count). The quantitative estimate of drug-likeness (QED) is 0.793. The second kappa shape index (κ2) is 4.09. The van der Waals surface area contributed by atoms with Gasteiger partial charge in [0.15, 0.2) is 5.65 Å². The Morgan fingerprint density at radius 3 is 2.83 bits per heavy atom. The molecular weight excluding hydrogens is 232 g/mol. The van der Waals surface area contributed by atoms with Crippen molar-refractivity contribution in [1.29, 1.82) is 0 Å². The molecule has 0 fully saturated rings. The molecule has 0 aliphatic rings. The number of aromatic nitrogens is 4. The summed E-state index contributed by atoms with van der Waals surface area (Å²) in [5, 5.41) is 6.37. The number of nitrogens with zero attached hydrogens (tertiary/aromatic N) is 4. The van der Waals surface area contributed by atoms with Crippen molar-refractivity contribution < 1.29 is 0 Å². The van der Waals surface area contributed by atoms with Crippen LogP contribution in [0.15, 0.2) is 10.9 Å². The van der Waals surface area contributed by atoms with E-state index < -0.39 is 0 Å². The van der Waals surface area contributed by atoms with E-state index in [1.54, 1.807) is 13.0 Å². The molecular formula is C11H18N6O. The lowest BCUT2D eigenvalue weighted by Gasteiger charge is -2.35. The van der Waals surface area contributed by atoms with Gasteiger partial charge in [-0.05, 0) is 20.8 Å². The lowest BCUT2D eigenvalue weighted by Crippen LogP contribution is -2.47. The summed E-state index contributed by atoms with van der Waals surface area (Å²) in [6.45, 7) is 6.34. The highest BCUT2D eigenvalue weighted by molar-refractivity contribution is 5.52. The monoisotopic (exact) mass is 250 g/mol. The Balaban J connectivity index is 2.57. The average molecular weight is 250 g/mol. The van der Waals surface area contributed by atoms with Crippen LogP contribution < -0.4 is 16.3 Å². The Labute approximate surface area is 105 Å². The molecule has 3 N–H and O–H groups in total. The van der Waals surface area contributed by atoms with Crippen LogP contribution in [0.2, 0.25) is 0 Å². The Kier molecular flexibility index (Phi) is 2.86. The van der Waals surface area contributed by atoms with E-state index >= 15 is 0 Å². The molecule has 0 radical (unpaired) electrons. The number of likely N-dealkylation sites (N-methyl/N-ethyl adjacent to an activating group) is 1. The number of hydrogen-bond acceptors (Lipinski definition) is 5. The molecule has 2 aromatic heterocycles. The molecule has 2 aromatic rings. The minimum absolute atomic E-state index is 0.214. The molecule has 0 spiro atoms. The predicted octanol–water partition coefficient (Wildman–Crippen LogP) is -0.100. The molecule has 0 aliphatic carbocycles. The second-order valence-corrected chi connectivity index (χ2v) is 4.96. The van der Waals surface area contributed by atoms with Crippen LogP contribution in [-0.2, 0) is 0 Å². The second-order valence-electron chi connectivity index (χ2n) is 4.96. The van der Waals surface area contributed by atoms with Crippen molar-refractivity contribution in [3.8, 4) is 0 Å². The van der Waals surface area contributed by atoms with E-state index in [1.165, 1.54) is 4.40 Å². The highest BCUT2D eigenvalue weighted by Crippen LogP contribution is 2.20. The van der Waals surface area contributed by atoms with E-state index in [2.05, 4.69) is 15.2 Å². The van der Waals surface area contributed by atoms with Gasteiger partial charge in [0, 0.05) is 25.2 Å². The number of rotatable bonds is 3. The van der Waals surface area contributed by atoms with Crippen LogP contribution in [0.3, 0.4) is 0 Å². The van der Waals surface area contributed by atoms with Crippen LogP contribution in [-0.4, -0.2) is 38.7 Å². The maximum atomic E-state index is 11.5. The fourth-order valence-electron chi connectivity index (χ4n) is 1.70. The molecule has 0 amide bonds. The molecule has 0 saturated carbocycles. The van der Waals surface area contributed by atoms with Gasteiger partial charge in [0.1, 0.15) is 11.6 Å². The molecule has 0 unspecified atom stereocenters. The number of hydrogen-bond donors (Lipinski definition) is 2. The average Bonchev–Trinajstić information content (AvgIpc) is 2.70. The zero-order valence-corrected chi connectivity index (χ0v) is 11.1. The molecule has 0 atom stereocenters. The van der Waals surface area contributed by atoms with Gasteiger partial charge in [-0.25, -0.2) is 19.3 Å². The molecule has 0 saturated heterocycles. The summed E-state index contributed by atoms with van der Waals surface area (Å²) in [4.78, 5) is 17.9. The molecule has 18 heavy (non-hydrogen) atoms. The number of H-pyrrole nitrogens is 1. The summed E-state index contributed by atoms with van der Waals surface area (Å²) in [5.41, 5.74) is 5.82. The zero-order chi connectivity index (χ0) is 13.5. The number of aromatic amines is 1. The first kappa shape index (κ1) is 12.6. The van der Waals surface area contributed by atoms with Crippen LogP contribution in [0.25, 0.3) is 5.65 Å². The van der Waals surface area contributed by atoms with E-state index in [4.69, 9.17) is 5.73 Å². The van der Waals surface area contributed by atoms with Crippen LogP contribution >= 0.6 is 0 Å². The van der Waals surface area contributed by atoms with Gasteiger partial charge in [-0.1, -0.05) is 0 Å². The standard InChI is InChI=1S/C11H18N6O/c1-7-13-8(16(4)11(2,3)6-12)5-9-14-15-10(18)17(7)9/h5H,6,12H2,1-4H3,(H,15,18). The van der Waals surface area contributed by atoms with Crippen molar-refractivity contribution in [3.05, 3.63) is 22.4 Å². The highest BCUT2D eigenvalue weighted by Gasteiger charge is 2.23. The van der Waals surface area contributed by atoms with Gasteiger partial charge in [-0.15, -0.1) is 0 Å². The smallest absolute Gasteiger partial charge is 0.349 e. The normalized spacial score (nSPS) is 12.1. The molecule has 2 heterocycles. The Hall–Kier alpha value is -1.89. The molecule has 7 nitrogen and oxygen atoms in total. The third-order valence-electron chi connectivity index (χ3n) is 3.31. The summed E-state index contributed by atoms with van der Waals surface area (Å²) in [7, 11) is 1.93. The van der Waals surface area contributed by atoms with Gasteiger partial charge in [0.05, 0.1) is 0 Å². The molecule has 0 bridgehead atoms. The minimum Gasteiger partial charge on any atom is -0.353 e. The van der Waals surface area contributed by atoms with Crippen LogP contribution in [0.4, 0.5) is 5.82 Å². The summed E-state index contributed by atoms with van der Waals surface area (Å²) in [6.07, 6.45) is 0. The lowest BCUT2D eigenvalue weighted by atomic mass is 10.0. The van der Waals surface area contributed by atoms with Crippen molar-refractivity contribution in [3.63, 3.8) is 0 Å². The first-order chi connectivity index (χ1) is 8.36. The van der Waals surface area contributed by atoms with Gasteiger partial charge in [0.25, 0.3) is 0 Å². The van der Waals surface area contributed by atoms with Crippen LogP contribution in [0, 0.1) is 6.92 Å². The van der Waals surface area contributed by atoms with Crippen molar-refractivity contribution in [2.75, 3.05) is 18.5 Å². The maximum Gasteiger partial charge on any atom is 0.349 e. The predicted molar refractivity (Wildman–Crippen MR) is 69.9 cm³/mol. The number of anilines is 1. The van der Waals surface area contributed by atoms with Crippen LogP contribution in [0.1, 0.15) is 19.7 Å². The fourth-order valence-corrected chi connectivity index (χ4v) is 1.70. The SMILES string of the molecule is Cc1nc(N(C)C(C)(C)CN)cc2n[nH]c(=O)n12. The Bertz CT molecular complexity index is 626. The first-order valence-electron chi connectivity index (χ1n) is 5.75. The maximum absolute atomic E-state index is 11.5. The zero-order valence-electron chi connectivity index (χ0n) is 11.1. The van der Waals surface area contributed by atoms with Crippen molar-refractivity contribution in [2.45, 2.75) is 26.3 Å². The van der Waals surface area contributed by atoms with E-state index in [9.17, 15) is 4.79 Å². The van der Waals surface area contributed by atoms with E-state index in [0.29, 0.717) is 18.0 Å². The summed E-state index contributed by atoms with van der Waals surface area (Å²) >= 11 is 0. The van der Waals surface area contributed by atoms with E-state index in [-0.39, 0.29) is 11.2 Å². The third-order valence-corrected chi connectivity index (χ3v) is 3.31. The van der Waals surface area contributed by atoms with E-state index in [0.717, 1.165) is 5.82 Å². The van der Waals surface area contributed by atoms with Gasteiger partial charge in [-0.2, -0.15) is 5.10 Å². The molecule has 0 aliphatic heterocycles. The minimum atomic E-state index is -0.276. The van der Waals surface area contributed by atoms with E-state index in [1.807, 2.05) is 25.8 Å². The van der Waals surface area contributed by atoms with Crippen LogP contribution in [0.5, 0.6) is 0 Å². The summed E-state index contributed by atoms with van der Waals surface area (Å²) < 4.78 is 1.44. The molecule has 7 heteroatoms. The molecule has 98 valence electrons. The molecule has 0 aromatic carbocycles. The lowest BCUT2D eigenvalue weighted by molar-refractivity contribution is 0.494. The largest absolute Gasteiger partial charge is 0.353 e. The summed E-state index contributed by atoms with van der Waals surface area (Å²) in [6, 6.07) is 1.77. The number of nitrogens with two attached hydrogens (primary N) is 1. The highest BCUT2D eigenvalue weighted by atomic mass is 16.1. The van der Waals surface area contributed by atoms with Gasteiger partial charge >= 0.3 is 5.69 Å². The number of nitrogens with one attached hydrogen (secondary N) is 1. The van der Waals surface area contributed by atoms with Crippen molar-refractivity contribution in [2.24, 2.45) is 5.73 Å². The van der Waals surface area contributed by atoms with Gasteiger partial charge in [-0.3, -0.25) is 0 Å². The fraction of sp³-hybridized carbons (Fsp3) is 0.545. The first-order valence-corrected chi connectivity index (χ1v) is 5.75. The van der Waals surface area contributed by atoms with Gasteiger partial charge in [0.2, 0.25) is 0 Å². The number of fused-ring (bicyclic) bond motifs is 1. The van der Waals surface area contributed by atoms with Crippen molar-refractivity contribution >= 4 is 11.5 Å². The summed E-state index contributed by atoms with van der Waals surface area (Å²) in [5.74, 6) is 1.34. The third kappa shape index (κ3) is 1.86. The Morgan fingerprint density at radius 2 is 2.22 bits per heavy atom. The van der Waals surface area contributed by atoms with Gasteiger partial charge < -0.3 is 10.6 Å². The topological polar surface area (TPSA) is 92.3 Å².